The first-order valence-corrected chi connectivity index (χ1v) is 5.80. The molecule has 1 heterocycles. The standard InChI is InChI=1S/C10H10BrNS/c1-6(2)10-8-5-7(11)3-4-9(8)12-13-10/h3-6H,1-2H3. The second-order valence-electron chi connectivity index (χ2n) is 3.36. The highest BCUT2D eigenvalue weighted by molar-refractivity contribution is 9.10. The van der Waals surface area contributed by atoms with Crippen molar-refractivity contribution in [3.63, 3.8) is 0 Å². The molecule has 0 saturated heterocycles. The van der Waals surface area contributed by atoms with Gasteiger partial charge in [0, 0.05) is 14.7 Å². The fourth-order valence-corrected chi connectivity index (χ4v) is 2.54. The summed E-state index contributed by atoms with van der Waals surface area (Å²) in [6.45, 7) is 4.40. The first kappa shape index (κ1) is 9.16. The van der Waals surface area contributed by atoms with Crippen molar-refractivity contribution >= 4 is 38.4 Å². The lowest BCUT2D eigenvalue weighted by Gasteiger charge is -2.00. The van der Waals surface area contributed by atoms with Crippen molar-refractivity contribution in [3.8, 4) is 0 Å². The van der Waals surface area contributed by atoms with E-state index < -0.39 is 0 Å². The summed E-state index contributed by atoms with van der Waals surface area (Å²) in [6.07, 6.45) is 0. The highest BCUT2D eigenvalue weighted by Crippen LogP contribution is 2.30. The van der Waals surface area contributed by atoms with Crippen molar-refractivity contribution in [2.45, 2.75) is 19.8 Å². The number of halogens is 1. The Bertz CT molecular complexity index is 433. The van der Waals surface area contributed by atoms with E-state index in [1.54, 1.807) is 11.5 Å². The summed E-state index contributed by atoms with van der Waals surface area (Å²) in [7, 11) is 0. The molecule has 0 aliphatic heterocycles. The molecule has 1 aromatic heterocycles. The molecule has 0 atom stereocenters. The van der Waals surface area contributed by atoms with Gasteiger partial charge >= 0.3 is 0 Å². The molecule has 0 bridgehead atoms. The molecule has 1 nitrogen and oxygen atoms in total. The zero-order chi connectivity index (χ0) is 9.42. The van der Waals surface area contributed by atoms with E-state index in [9.17, 15) is 0 Å². The number of benzene rings is 1. The lowest BCUT2D eigenvalue weighted by atomic mass is 10.1. The van der Waals surface area contributed by atoms with Gasteiger partial charge in [0.1, 0.15) is 0 Å². The number of hydrogen-bond acceptors (Lipinski definition) is 2. The molecule has 13 heavy (non-hydrogen) atoms. The van der Waals surface area contributed by atoms with Crippen LogP contribution in [0.1, 0.15) is 24.6 Å². The lowest BCUT2D eigenvalue weighted by Crippen LogP contribution is -1.81. The zero-order valence-electron chi connectivity index (χ0n) is 7.54. The van der Waals surface area contributed by atoms with E-state index in [0.717, 1.165) is 9.99 Å². The first-order chi connectivity index (χ1) is 6.18. The summed E-state index contributed by atoms with van der Waals surface area (Å²) in [5.41, 5.74) is 1.11. The van der Waals surface area contributed by atoms with Crippen LogP contribution in [0, 0.1) is 0 Å². The van der Waals surface area contributed by atoms with Crippen molar-refractivity contribution < 1.29 is 0 Å². The average Bonchev–Trinajstić information content (AvgIpc) is 2.46. The molecular formula is C10H10BrNS. The van der Waals surface area contributed by atoms with E-state index in [2.05, 4.69) is 46.3 Å². The van der Waals surface area contributed by atoms with Gasteiger partial charge in [0.15, 0.2) is 0 Å². The summed E-state index contributed by atoms with van der Waals surface area (Å²) in [5.74, 6) is 0.560. The fraction of sp³-hybridized carbons (Fsp3) is 0.300. The van der Waals surface area contributed by atoms with Gasteiger partial charge in [-0.3, -0.25) is 0 Å². The van der Waals surface area contributed by atoms with E-state index in [1.165, 1.54) is 10.3 Å². The van der Waals surface area contributed by atoms with Crippen LogP contribution in [0.2, 0.25) is 0 Å². The van der Waals surface area contributed by atoms with E-state index in [1.807, 2.05) is 6.07 Å². The molecule has 0 spiro atoms. The Morgan fingerprint density at radius 1 is 1.38 bits per heavy atom. The van der Waals surface area contributed by atoms with Crippen LogP contribution >= 0.6 is 27.5 Å². The summed E-state index contributed by atoms with van der Waals surface area (Å²) in [4.78, 5) is 1.37. The normalized spacial score (nSPS) is 11.4. The van der Waals surface area contributed by atoms with Crippen molar-refractivity contribution in [2.75, 3.05) is 0 Å². The van der Waals surface area contributed by atoms with Crippen molar-refractivity contribution in [3.05, 3.63) is 27.5 Å². The first-order valence-electron chi connectivity index (χ1n) is 4.23. The third-order valence-corrected chi connectivity index (χ3v) is 3.66. The largest absolute Gasteiger partial charge is 0.192 e. The Kier molecular flexibility index (Phi) is 2.39. The molecule has 0 amide bonds. The summed E-state index contributed by atoms with van der Waals surface area (Å²) in [5, 5.41) is 1.29. The quantitative estimate of drug-likeness (QED) is 0.745. The SMILES string of the molecule is CC(C)c1snc2ccc(Br)cc12. The van der Waals surface area contributed by atoms with Crippen LogP contribution in [-0.2, 0) is 0 Å². The van der Waals surface area contributed by atoms with Gasteiger partial charge in [-0.15, -0.1) is 0 Å². The van der Waals surface area contributed by atoms with Gasteiger partial charge in [-0.25, -0.2) is 0 Å². The molecule has 2 aromatic rings. The molecule has 0 radical (unpaired) electrons. The van der Waals surface area contributed by atoms with E-state index in [-0.39, 0.29) is 0 Å². The predicted octanol–water partition coefficient (Wildman–Crippen LogP) is 4.18. The Morgan fingerprint density at radius 2 is 2.15 bits per heavy atom. The number of aromatic nitrogens is 1. The minimum absolute atomic E-state index is 0.560. The molecule has 1 aromatic carbocycles. The maximum Gasteiger partial charge on any atom is 0.0844 e. The summed E-state index contributed by atoms with van der Waals surface area (Å²) >= 11 is 5.09. The molecule has 0 aliphatic carbocycles. The minimum Gasteiger partial charge on any atom is -0.192 e. The van der Waals surface area contributed by atoms with Crippen LogP contribution in [0.4, 0.5) is 0 Å². The van der Waals surface area contributed by atoms with Crippen LogP contribution in [0.25, 0.3) is 10.9 Å². The molecule has 0 aliphatic rings. The Morgan fingerprint density at radius 3 is 2.85 bits per heavy atom. The molecule has 2 rings (SSSR count). The Hall–Kier alpha value is -0.410. The third-order valence-electron chi connectivity index (χ3n) is 1.99. The van der Waals surface area contributed by atoms with Gasteiger partial charge in [0.2, 0.25) is 0 Å². The number of rotatable bonds is 1. The lowest BCUT2D eigenvalue weighted by molar-refractivity contribution is 0.897. The molecule has 0 N–H and O–H groups in total. The number of fused-ring (bicyclic) bond motifs is 1. The van der Waals surface area contributed by atoms with Gasteiger partial charge in [-0.2, -0.15) is 4.37 Å². The summed E-state index contributed by atoms with van der Waals surface area (Å²) < 4.78 is 5.53. The minimum atomic E-state index is 0.560. The Balaban J connectivity index is 2.71. The monoisotopic (exact) mass is 255 g/mol. The molecule has 68 valence electrons. The third kappa shape index (κ3) is 1.63. The smallest absolute Gasteiger partial charge is 0.0844 e. The van der Waals surface area contributed by atoms with E-state index in [4.69, 9.17) is 0 Å². The zero-order valence-corrected chi connectivity index (χ0v) is 9.95. The summed E-state index contributed by atoms with van der Waals surface area (Å²) in [6, 6.07) is 6.24. The van der Waals surface area contributed by atoms with Gasteiger partial charge in [-0.05, 0) is 35.6 Å². The predicted molar refractivity (Wildman–Crippen MR) is 61.4 cm³/mol. The van der Waals surface area contributed by atoms with Crippen LogP contribution in [0.3, 0.4) is 0 Å². The molecule has 0 saturated carbocycles. The van der Waals surface area contributed by atoms with Gasteiger partial charge in [0.05, 0.1) is 5.52 Å². The number of nitrogens with zero attached hydrogens (tertiary/aromatic N) is 1. The maximum absolute atomic E-state index is 4.40. The van der Waals surface area contributed by atoms with Crippen LogP contribution in [0.15, 0.2) is 22.7 Å². The highest BCUT2D eigenvalue weighted by atomic mass is 79.9. The highest BCUT2D eigenvalue weighted by Gasteiger charge is 2.08. The molecular weight excluding hydrogens is 246 g/mol. The second-order valence-corrected chi connectivity index (χ2v) is 5.08. The fourth-order valence-electron chi connectivity index (χ4n) is 1.35. The van der Waals surface area contributed by atoms with Crippen molar-refractivity contribution in [1.29, 1.82) is 0 Å². The number of hydrogen-bond donors (Lipinski definition) is 0. The van der Waals surface area contributed by atoms with Gasteiger partial charge < -0.3 is 0 Å². The van der Waals surface area contributed by atoms with Gasteiger partial charge in [-0.1, -0.05) is 29.8 Å². The molecule has 3 heteroatoms. The van der Waals surface area contributed by atoms with E-state index in [0.29, 0.717) is 5.92 Å². The molecule has 0 fully saturated rings. The Labute approximate surface area is 90.1 Å². The van der Waals surface area contributed by atoms with Crippen molar-refractivity contribution in [2.24, 2.45) is 0 Å². The second kappa shape index (κ2) is 3.39. The van der Waals surface area contributed by atoms with Crippen molar-refractivity contribution in [1.82, 2.24) is 4.37 Å². The topological polar surface area (TPSA) is 12.9 Å². The van der Waals surface area contributed by atoms with E-state index >= 15 is 0 Å². The average molecular weight is 256 g/mol. The van der Waals surface area contributed by atoms with Crippen LogP contribution < -0.4 is 0 Å². The molecule has 0 unspecified atom stereocenters. The van der Waals surface area contributed by atoms with Crippen LogP contribution in [-0.4, -0.2) is 4.37 Å². The van der Waals surface area contributed by atoms with Crippen LogP contribution in [0.5, 0.6) is 0 Å². The maximum atomic E-state index is 4.40. The van der Waals surface area contributed by atoms with Gasteiger partial charge in [0.25, 0.3) is 0 Å².